The second-order valence-corrected chi connectivity index (χ2v) is 4.14. The van der Waals surface area contributed by atoms with Crippen LogP contribution in [0.5, 0.6) is 0 Å². The van der Waals surface area contributed by atoms with Gasteiger partial charge in [0.05, 0.1) is 0 Å². The Morgan fingerprint density at radius 3 is 3.00 bits per heavy atom. The first-order valence-electron chi connectivity index (χ1n) is 4.62. The summed E-state index contributed by atoms with van der Waals surface area (Å²) in [5, 5.41) is 1.03. The number of hydrogen-bond donors (Lipinski definition) is 1. The highest BCUT2D eigenvalue weighted by Gasteiger charge is 2.25. The molecule has 0 bridgehead atoms. The minimum absolute atomic E-state index is 0.332. The van der Waals surface area contributed by atoms with Crippen molar-refractivity contribution in [3.05, 3.63) is 5.82 Å². The maximum absolute atomic E-state index is 5.69. The normalized spacial score (nSPS) is 17.5. The number of rotatable bonds is 3. The highest BCUT2D eigenvalue weighted by molar-refractivity contribution is 7.09. The highest BCUT2D eigenvalue weighted by Crippen LogP contribution is 2.22. The van der Waals surface area contributed by atoms with Crippen LogP contribution in [0, 0.1) is 0 Å². The minimum Gasteiger partial charge on any atom is -0.344 e. The Morgan fingerprint density at radius 2 is 2.38 bits per heavy atom. The van der Waals surface area contributed by atoms with Gasteiger partial charge in [0.15, 0.2) is 0 Å². The summed E-state index contributed by atoms with van der Waals surface area (Å²) >= 11 is 1.48. The van der Waals surface area contributed by atoms with Crippen LogP contribution in [0.2, 0.25) is 0 Å². The zero-order chi connectivity index (χ0) is 9.26. The summed E-state index contributed by atoms with van der Waals surface area (Å²) < 4.78 is 4.28. The molecule has 13 heavy (non-hydrogen) atoms. The number of aromatic nitrogens is 2. The fraction of sp³-hybridized carbons (Fsp3) is 0.750. The third kappa shape index (κ3) is 1.81. The van der Waals surface area contributed by atoms with Crippen LogP contribution in [0.4, 0.5) is 5.13 Å². The zero-order valence-electron chi connectivity index (χ0n) is 7.73. The Hall–Kier alpha value is -0.680. The summed E-state index contributed by atoms with van der Waals surface area (Å²) in [6, 6.07) is 0.332. The number of aryl methyl sites for hydroxylation is 1. The fourth-order valence-electron chi connectivity index (χ4n) is 1.37. The SMILES string of the molecule is CCCc1nsc(N2CC(N)C2)n1. The average molecular weight is 198 g/mol. The predicted octanol–water partition coefficient (Wildman–Crippen LogP) is 0.638. The van der Waals surface area contributed by atoms with E-state index >= 15 is 0 Å². The van der Waals surface area contributed by atoms with E-state index in [2.05, 4.69) is 21.2 Å². The van der Waals surface area contributed by atoms with Gasteiger partial charge < -0.3 is 10.6 Å². The molecule has 0 aliphatic carbocycles. The molecule has 0 amide bonds. The molecule has 5 heteroatoms. The summed E-state index contributed by atoms with van der Waals surface area (Å²) in [6.45, 7) is 4.00. The molecule has 4 nitrogen and oxygen atoms in total. The molecule has 2 N–H and O–H groups in total. The molecule has 0 aromatic carbocycles. The van der Waals surface area contributed by atoms with E-state index in [0.717, 1.165) is 36.9 Å². The summed E-state index contributed by atoms with van der Waals surface area (Å²) in [4.78, 5) is 6.62. The van der Waals surface area contributed by atoms with Gasteiger partial charge in [0.1, 0.15) is 5.82 Å². The molecule has 1 aromatic rings. The quantitative estimate of drug-likeness (QED) is 0.774. The third-order valence-corrected chi connectivity index (χ3v) is 2.93. The van der Waals surface area contributed by atoms with Gasteiger partial charge >= 0.3 is 0 Å². The molecule has 0 saturated carbocycles. The molecule has 0 unspecified atom stereocenters. The van der Waals surface area contributed by atoms with E-state index in [-0.39, 0.29) is 0 Å². The molecular weight excluding hydrogens is 184 g/mol. The standard InChI is InChI=1S/C8H14N4S/c1-2-3-7-10-8(13-11-7)12-4-6(9)5-12/h6H,2-5,9H2,1H3. The van der Waals surface area contributed by atoms with Crippen molar-refractivity contribution in [2.45, 2.75) is 25.8 Å². The van der Waals surface area contributed by atoms with E-state index in [0.29, 0.717) is 6.04 Å². The van der Waals surface area contributed by atoms with Crippen LogP contribution in [0.3, 0.4) is 0 Å². The second-order valence-electron chi connectivity index (χ2n) is 3.41. The summed E-state index contributed by atoms with van der Waals surface area (Å²) in [5.41, 5.74) is 5.69. The van der Waals surface area contributed by atoms with Crippen LogP contribution in [-0.2, 0) is 6.42 Å². The lowest BCUT2D eigenvalue weighted by Gasteiger charge is -2.36. The highest BCUT2D eigenvalue weighted by atomic mass is 32.1. The van der Waals surface area contributed by atoms with Gasteiger partial charge in [0, 0.05) is 37.1 Å². The molecule has 1 aliphatic rings. The monoisotopic (exact) mass is 198 g/mol. The molecule has 2 rings (SSSR count). The Labute approximate surface area is 81.9 Å². The van der Waals surface area contributed by atoms with E-state index in [1.807, 2.05) is 0 Å². The average Bonchev–Trinajstić information content (AvgIpc) is 2.48. The van der Waals surface area contributed by atoms with Crippen molar-refractivity contribution in [1.82, 2.24) is 9.36 Å². The number of anilines is 1. The summed E-state index contributed by atoms with van der Waals surface area (Å²) in [7, 11) is 0. The first-order chi connectivity index (χ1) is 6.29. The van der Waals surface area contributed by atoms with Crippen molar-refractivity contribution in [3.63, 3.8) is 0 Å². The molecular formula is C8H14N4S. The lowest BCUT2D eigenvalue weighted by molar-refractivity contribution is 0.518. The van der Waals surface area contributed by atoms with E-state index in [9.17, 15) is 0 Å². The van der Waals surface area contributed by atoms with Crippen molar-refractivity contribution in [1.29, 1.82) is 0 Å². The van der Waals surface area contributed by atoms with E-state index < -0.39 is 0 Å². The van der Waals surface area contributed by atoms with Gasteiger partial charge in [0.2, 0.25) is 5.13 Å². The van der Waals surface area contributed by atoms with E-state index in [1.165, 1.54) is 11.5 Å². The van der Waals surface area contributed by atoms with Gasteiger partial charge in [0.25, 0.3) is 0 Å². The van der Waals surface area contributed by atoms with Gasteiger partial charge in [-0.1, -0.05) is 6.92 Å². The molecule has 1 fully saturated rings. The maximum Gasteiger partial charge on any atom is 0.205 e. The topological polar surface area (TPSA) is 55.0 Å². The van der Waals surface area contributed by atoms with Gasteiger partial charge in [-0.15, -0.1) is 0 Å². The van der Waals surface area contributed by atoms with Crippen molar-refractivity contribution in [2.24, 2.45) is 5.73 Å². The summed E-state index contributed by atoms with van der Waals surface area (Å²) in [6.07, 6.45) is 2.09. The predicted molar refractivity (Wildman–Crippen MR) is 54.1 cm³/mol. The van der Waals surface area contributed by atoms with Crippen molar-refractivity contribution >= 4 is 16.7 Å². The lowest BCUT2D eigenvalue weighted by atomic mass is 10.1. The lowest BCUT2D eigenvalue weighted by Crippen LogP contribution is -2.55. The van der Waals surface area contributed by atoms with E-state index in [4.69, 9.17) is 5.73 Å². The van der Waals surface area contributed by atoms with Crippen LogP contribution in [-0.4, -0.2) is 28.5 Å². The van der Waals surface area contributed by atoms with Crippen LogP contribution < -0.4 is 10.6 Å². The Bertz CT molecular complexity index is 279. The number of nitrogens with zero attached hydrogens (tertiary/aromatic N) is 3. The summed E-state index contributed by atoms with van der Waals surface area (Å²) in [5.74, 6) is 0.975. The molecule has 0 radical (unpaired) electrons. The fourth-order valence-corrected chi connectivity index (χ4v) is 2.10. The van der Waals surface area contributed by atoms with Crippen LogP contribution in [0.15, 0.2) is 0 Å². The Balaban J connectivity index is 1.97. The Morgan fingerprint density at radius 1 is 1.62 bits per heavy atom. The molecule has 2 heterocycles. The third-order valence-electron chi connectivity index (χ3n) is 2.11. The van der Waals surface area contributed by atoms with Gasteiger partial charge in [-0.2, -0.15) is 4.37 Å². The molecule has 1 saturated heterocycles. The zero-order valence-corrected chi connectivity index (χ0v) is 8.55. The van der Waals surface area contributed by atoms with Crippen LogP contribution >= 0.6 is 11.5 Å². The molecule has 72 valence electrons. The number of hydrogen-bond acceptors (Lipinski definition) is 5. The second kappa shape index (κ2) is 3.59. The van der Waals surface area contributed by atoms with Gasteiger partial charge in [-0.25, -0.2) is 4.98 Å². The van der Waals surface area contributed by atoms with Crippen molar-refractivity contribution < 1.29 is 0 Å². The van der Waals surface area contributed by atoms with Crippen LogP contribution in [0.1, 0.15) is 19.2 Å². The maximum atomic E-state index is 5.69. The first-order valence-corrected chi connectivity index (χ1v) is 5.40. The Kier molecular flexibility index (Phi) is 2.46. The molecule has 0 atom stereocenters. The molecule has 1 aromatic heterocycles. The minimum atomic E-state index is 0.332. The molecule has 0 spiro atoms. The first kappa shape index (κ1) is 8.90. The largest absolute Gasteiger partial charge is 0.344 e. The van der Waals surface area contributed by atoms with Gasteiger partial charge in [-0.05, 0) is 6.42 Å². The van der Waals surface area contributed by atoms with Crippen molar-refractivity contribution in [2.75, 3.05) is 18.0 Å². The van der Waals surface area contributed by atoms with Crippen LogP contribution in [0.25, 0.3) is 0 Å². The number of nitrogens with two attached hydrogens (primary N) is 1. The molecule has 1 aliphatic heterocycles. The van der Waals surface area contributed by atoms with Gasteiger partial charge in [-0.3, -0.25) is 0 Å². The van der Waals surface area contributed by atoms with Crippen molar-refractivity contribution in [3.8, 4) is 0 Å². The smallest absolute Gasteiger partial charge is 0.205 e. The van der Waals surface area contributed by atoms with E-state index in [1.54, 1.807) is 0 Å².